The van der Waals surface area contributed by atoms with E-state index in [1.165, 1.54) is 0 Å². The maximum Gasteiger partial charge on any atom is 0.338 e. The molecule has 184 valence electrons. The number of carbonyl (C=O) groups is 4. The van der Waals surface area contributed by atoms with Crippen molar-refractivity contribution in [3.63, 3.8) is 0 Å². The molecule has 8 heteroatoms. The van der Waals surface area contributed by atoms with Gasteiger partial charge in [0.1, 0.15) is 6.10 Å². The highest BCUT2D eigenvalue weighted by atomic mass is 35.5. The predicted molar refractivity (Wildman–Crippen MR) is 130 cm³/mol. The van der Waals surface area contributed by atoms with Crippen molar-refractivity contribution in [2.45, 2.75) is 18.6 Å². The van der Waals surface area contributed by atoms with Crippen molar-refractivity contribution in [2.75, 3.05) is 6.61 Å². The zero-order valence-electron chi connectivity index (χ0n) is 19.1. The Kier molecular flexibility index (Phi) is 8.13. The fourth-order valence-corrected chi connectivity index (χ4v) is 4.37. The first-order valence-corrected chi connectivity index (χ1v) is 11.8. The molecule has 0 saturated heterocycles. The first-order valence-electron chi connectivity index (χ1n) is 11.4. The predicted octanol–water partition coefficient (Wildman–Crippen LogP) is 4.70. The molecular weight excluding hydrogens is 484 g/mol. The average molecular weight is 507 g/mol. The van der Waals surface area contributed by atoms with Gasteiger partial charge < -0.3 is 14.2 Å². The zero-order chi connectivity index (χ0) is 25.5. The Hall–Kier alpha value is -3.97. The number of halogens is 1. The highest BCUT2D eigenvalue weighted by Gasteiger charge is 2.51. The Balaban J connectivity index is 1.58. The topological polar surface area (TPSA) is 96.0 Å². The van der Waals surface area contributed by atoms with Crippen molar-refractivity contribution in [3.05, 3.63) is 108 Å². The van der Waals surface area contributed by atoms with Crippen LogP contribution in [0.4, 0.5) is 0 Å². The Morgan fingerprint density at radius 2 is 1.06 bits per heavy atom. The molecule has 0 aromatic heterocycles. The van der Waals surface area contributed by atoms with Gasteiger partial charge in [0.05, 0.1) is 29.2 Å². The lowest BCUT2D eigenvalue weighted by Gasteiger charge is -2.26. The van der Waals surface area contributed by atoms with Gasteiger partial charge in [-0.3, -0.25) is 4.79 Å². The molecule has 0 N–H and O–H groups in total. The Morgan fingerprint density at radius 3 is 1.50 bits per heavy atom. The molecule has 0 aliphatic heterocycles. The van der Waals surface area contributed by atoms with Crippen LogP contribution in [0.3, 0.4) is 0 Å². The fourth-order valence-electron chi connectivity index (χ4n) is 4.16. The number of esters is 3. The van der Waals surface area contributed by atoms with E-state index in [9.17, 15) is 19.2 Å². The molecule has 36 heavy (non-hydrogen) atoms. The summed E-state index contributed by atoms with van der Waals surface area (Å²) in [5.74, 6) is -3.50. The smallest absolute Gasteiger partial charge is 0.338 e. The van der Waals surface area contributed by atoms with Crippen LogP contribution in [-0.2, 0) is 19.0 Å². The SMILES string of the molecule is O=C(OC[C@H]1C[C@@H](C(=O)Cl)[C@H](OC(=O)c2ccccc2)[C@@H]1OC(=O)c1ccccc1)c1ccccc1. The van der Waals surface area contributed by atoms with Gasteiger partial charge in [-0.1, -0.05) is 54.6 Å². The second kappa shape index (κ2) is 11.6. The van der Waals surface area contributed by atoms with Crippen molar-refractivity contribution in [1.29, 1.82) is 0 Å². The molecule has 0 spiro atoms. The summed E-state index contributed by atoms with van der Waals surface area (Å²) in [5.41, 5.74) is 0.905. The first kappa shape index (κ1) is 25.1. The van der Waals surface area contributed by atoms with Crippen LogP contribution in [0.1, 0.15) is 37.5 Å². The van der Waals surface area contributed by atoms with Crippen LogP contribution in [0, 0.1) is 11.8 Å². The van der Waals surface area contributed by atoms with Gasteiger partial charge in [0, 0.05) is 5.92 Å². The normalized spacial score (nSPS) is 20.8. The van der Waals surface area contributed by atoms with Crippen LogP contribution >= 0.6 is 11.6 Å². The summed E-state index contributed by atoms with van der Waals surface area (Å²) in [4.78, 5) is 50.5. The second-order valence-corrected chi connectivity index (χ2v) is 8.72. The lowest BCUT2D eigenvalue weighted by Crippen LogP contribution is -2.39. The third-order valence-electron chi connectivity index (χ3n) is 5.98. The minimum Gasteiger partial charge on any atom is -0.462 e. The molecule has 3 aromatic rings. The minimum absolute atomic E-state index is 0.101. The lowest BCUT2D eigenvalue weighted by atomic mass is 10.1. The van der Waals surface area contributed by atoms with E-state index in [4.69, 9.17) is 25.8 Å². The molecule has 1 fully saturated rings. The van der Waals surface area contributed by atoms with Gasteiger partial charge in [-0.25, -0.2) is 14.4 Å². The summed E-state index contributed by atoms with van der Waals surface area (Å²) in [6.45, 7) is -0.166. The molecular formula is C28H23ClO7. The fraction of sp³-hybridized carbons (Fsp3) is 0.214. The van der Waals surface area contributed by atoms with Crippen LogP contribution in [0.25, 0.3) is 0 Å². The molecule has 1 saturated carbocycles. The molecule has 3 aromatic carbocycles. The summed E-state index contributed by atoms with van der Waals surface area (Å²) in [6.07, 6.45) is -2.12. The third-order valence-corrected chi connectivity index (χ3v) is 6.26. The summed E-state index contributed by atoms with van der Waals surface area (Å²) in [6, 6.07) is 24.9. The summed E-state index contributed by atoms with van der Waals surface area (Å²) in [7, 11) is 0. The average Bonchev–Trinajstić information content (AvgIpc) is 3.25. The number of hydrogen-bond acceptors (Lipinski definition) is 7. The Bertz CT molecular complexity index is 1210. The van der Waals surface area contributed by atoms with E-state index in [1.54, 1.807) is 91.0 Å². The zero-order valence-corrected chi connectivity index (χ0v) is 19.9. The molecule has 0 amide bonds. The van der Waals surface area contributed by atoms with Gasteiger partial charge in [0.2, 0.25) is 5.24 Å². The largest absolute Gasteiger partial charge is 0.462 e. The number of hydrogen-bond donors (Lipinski definition) is 0. The quantitative estimate of drug-likeness (QED) is 0.248. The third kappa shape index (κ3) is 5.98. The maximum atomic E-state index is 12.9. The van der Waals surface area contributed by atoms with Crippen molar-refractivity contribution in [1.82, 2.24) is 0 Å². The molecule has 0 bridgehead atoms. The van der Waals surface area contributed by atoms with E-state index >= 15 is 0 Å². The van der Waals surface area contributed by atoms with Gasteiger partial charge >= 0.3 is 17.9 Å². The highest BCUT2D eigenvalue weighted by molar-refractivity contribution is 6.64. The summed E-state index contributed by atoms with van der Waals surface area (Å²) >= 11 is 5.87. The summed E-state index contributed by atoms with van der Waals surface area (Å²) < 4.78 is 16.9. The van der Waals surface area contributed by atoms with Gasteiger partial charge in [-0.05, 0) is 54.4 Å². The highest BCUT2D eigenvalue weighted by Crippen LogP contribution is 2.38. The van der Waals surface area contributed by atoms with E-state index in [0.29, 0.717) is 5.56 Å². The Labute approximate surface area is 212 Å². The maximum absolute atomic E-state index is 12.9. The minimum atomic E-state index is -1.16. The second-order valence-electron chi connectivity index (χ2n) is 8.34. The number of ether oxygens (including phenoxy) is 3. The van der Waals surface area contributed by atoms with Crippen molar-refractivity contribution < 1.29 is 33.4 Å². The van der Waals surface area contributed by atoms with Crippen LogP contribution in [-0.4, -0.2) is 42.0 Å². The molecule has 0 heterocycles. The van der Waals surface area contributed by atoms with Crippen LogP contribution in [0.15, 0.2) is 91.0 Å². The first-order chi connectivity index (χ1) is 17.4. The number of benzene rings is 3. The van der Waals surface area contributed by atoms with Crippen molar-refractivity contribution >= 4 is 34.8 Å². The van der Waals surface area contributed by atoms with Crippen LogP contribution < -0.4 is 0 Å². The molecule has 4 rings (SSSR count). The lowest BCUT2D eigenvalue weighted by molar-refractivity contribution is -0.119. The molecule has 0 radical (unpaired) electrons. The van der Waals surface area contributed by atoms with Crippen molar-refractivity contribution in [3.8, 4) is 0 Å². The standard InChI is InChI=1S/C28H23ClO7/c29-25(30)22-16-21(17-34-26(31)18-10-4-1-5-11-18)23(35-27(32)19-12-6-2-7-13-19)24(22)36-28(33)20-14-8-3-9-15-20/h1-15,21-24H,16-17H2/t21-,22-,23-,24+/m1/s1. The molecule has 1 aliphatic carbocycles. The van der Waals surface area contributed by atoms with Gasteiger partial charge in [0.15, 0.2) is 6.10 Å². The van der Waals surface area contributed by atoms with E-state index < -0.39 is 47.2 Å². The molecule has 4 atom stereocenters. The number of carbonyl (C=O) groups excluding carboxylic acids is 4. The van der Waals surface area contributed by atoms with Crippen molar-refractivity contribution in [2.24, 2.45) is 11.8 Å². The molecule has 1 aliphatic rings. The van der Waals surface area contributed by atoms with Crippen LogP contribution in [0.5, 0.6) is 0 Å². The van der Waals surface area contributed by atoms with Gasteiger partial charge in [-0.2, -0.15) is 0 Å². The van der Waals surface area contributed by atoms with Crippen LogP contribution in [0.2, 0.25) is 0 Å². The monoisotopic (exact) mass is 506 g/mol. The van der Waals surface area contributed by atoms with E-state index in [2.05, 4.69) is 0 Å². The van der Waals surface area contributed by atoms with Gasteiger partial charge in [0.25, 0.3) is 0 Å². The van der Waals surface area contributed by atoms with E-state index in [1.807, 2.05) is 0 Å². The van der Waals surface area contributed by atoms with E-state index in [-0.39, 0.29) is 24.2 Å². The number of rotatable bonds is 8. The molecule has 0 unspecified atom stereocenters. The Morgan fingerprint density at radius 1 is 0.639 bits per heavy atom. The molecule has 7 nitrogen and oxygen atoms in total. The van der Waals surface area contributed by atoms with E-state index in [0.717, 1.165) is 0 Å². The summed E-state index contributed by atoms with van der Waals surface area (Å²) in [5, 5.41) is -0.737. The van der Waals surface area contributed by atoms with Gasteiger partial charge in [-0.15, -0.1) is 0 Å².